The molecule has 82 valence electrons. The van der Waals surface area contributed by atoms with Gasteiger partial charge in [0.05, 0.1) is 6.54 Å². The molecule has 1 heterocycles. The van der Waals surface area contributed by atoms with Crippen molar-refractivity contribution in [2.24, 2.45) is 0 Å². The van der Waals surface area contributed by atoms with E-state index >= 15 is 0 Å². The van der Waals surface area contributed by atoms with Crippen molar-refractivity contribution in [3.05, 3.63) is 0 Å². The second-order valence-corrected chi connectivity index (χ2v) is 3.16. The maximum absolute atomic E-state index is 11.9. The SMILES string of the molecule is O=C(O)N1CCN(CC(F)(F)F)CC1. The Balaban J connectivity index is 2.33. The predicted molar refractivity (Wildman–Crippen MR) is 42.1 cm³/mol. The fraction of sp³-hybridized carbons (Fsp3) is 0.857. The summed E-state index contributed by atoms with van der Waals surface area (Å²) in [5.74, 6) is 0. The van der Waals surface area contributed by atoms with Crippen molar-refractivity contribution in [3.63, 3.8) is 0 Å². The van der Waals surface area contributed by atoms with Crippen LogP contribution in [0.5, 0.6) is 0 Å². The molecule has 0 bridgehead atoms. The Kier molecular flexibility index (Phi) is 3.20. The topological polar surface area (TPSA) is 43.8 Å². The number of alkyl halides is 3. The number of halogens is 3. The van der Waals surface area contributed by atoms with E-state index in [9.17, 15) is 18.0 Å². The predicted octanol–water partition coefficient (Wildman–Crippen LogP) is 0.844. The highest BCUT2D eigenvalue weighted by atomic mass is 19.4. The van der Waals surface area contributed by atoms with E-state index in [1.54, 1.807) is 0 Å². The number of rotatable bonds is 1. The van der Waals surface area contributed by atoms with Crippen LogP contribution in [0.15, 0.2) is 0 Å². The van der Waals surface area contributed by atoms with Gasteiger partial charge in [-0.3, -0.25) is 4.90 Å². The molecule has 0 unspecified atom stereocenters. The van der Waals surface area contributed by atoms with Gasteiger partial charge in [-0.25, -0.2) is 4.79 Å². The maximum Gasteiger partial charge on any atom is 0.407 e. The van der Waals surface area contributed by atoms with Gasteiger partial charge in [-0.05, 0) is 0 Å². The van der Waals surface area contributed by atoms with Crippen molar-refractivity contribution in [1.29, 1.82) is 0 Å². The molecule has 0 spiro atoms. The minimum absolute atomic E-state index is 0.144. The monoisotopic (exact) mass is 212 g/mol. The molecule has 1 aliphatic rings. The molecule has 0 aromatic heterocycles. The molecular formula is C7H11F3N2O2. The summed E-state index contributed by atoms with van der Waals surface area (Å²) in [7, 11) is 0. The second-order valence-electron chi connectivity index (χ2n) is 3.16. The van der Waals surface area contributed by atoms with E-state index in [4.69, 9.17) is 5.11 Å². The number of piperazine rings is 1. The van der Waals surface area contributed by atoms with Gasteiger partial charge >= 0.3 is 12.3 Å². The molecule has 4 nitrogen and oxygen atoms in total. The van der Waals surface area contributed by atoms with Crippen molar-refractivity contribution < 1.29 is 23.1 Å². The van der Waals surface area contributed by atoms with Crippen molar-refractivity contribution >= 4 is 6.09 Å². The zero-order chi connectivity index (χ0) is 10.8. The average Bonchev–Trinajstić information content (AvgIpc) is 2.02. The van der Waals surface area contributed by atoms with E-state index in [1.807, 2.05) is 0 Å². The number of hydrogen-bond acceptors (Lipinski definition) is 2. The minimum atomic E-state index is -4.20. The van der Waals surface area contributed by atoms with Crippen molar-refractivity contribution in [2.45, 2.75) is 6.18 Å². The summed E-state index contributed by atoms with van der Waals surface area (Å²) in [4.78, 5) is 12.8. The first-order valence-electron chi connectivity index (χ1n) is 4.15. The molecule has 1 rings (SSSR count). The first-order valence-corrected chi connectivity index (χ1v) is 4.15. The fourth-order valence-corrected chi connectivity index (χ4v) is 1.35. The Bertz CT molecular complexity index is 211. The molecular weight excluding hydrogens is 201 g/mol. The quantitative estimate of drug-likeness (QED) is 0.700. The zero-order valence-electron chi connectivity index (χ0n) is 7.42. The zero-order valence-corrected chi connectivity index (χ0v) is 7.42. The van der Waals surface area contributed by atoms with Crippen LogP contribution < -0.4 is 0 Å². The standard InChI is InChI=1S/C7H11F3N2O2/c8-7(9,10)5-11-1-3-12(4-2-11)6(13)14/h1-5H2,(H,13,14). The van der Waals surface area contributed by atoms with Crippen molar-refractivity contribution in [1.82, 2.24) is 9.80 Å². The molecule has 0 aliphatic carbocycles. The summed E-state index contributed by atoms with van der Waals surface area (Å²) in [6.07, 6.45) is -5.28. The lowest BCUT2D eigenvalue weighted by molar-refractivity contribution is -0.148. The van der Waals surface area contributed by atoms with E-state index < -0.39 is 18.8 Å². The van der Waals surface area contributed by atoms with Gasteiger partial charge in [-0.1, -0.05) is 0 Å². The van der Waals surface area contributed by atoms with Gasteiger partial charge < -0.3 is 10.0 Å². The van der Waals surface area contributed by atoms with E-state index in [0.29, 0.717) is 0 Å². The Morgan fingerprint density at radius 2 is 1.71 bits per heavy atom. The Labute approximate surface area is 78.9 Å². The molecule has 1 fully saturated rings. The number of amides is 1. The summed E-state index contributed by atoms with van der Waals surface area (Å²) >= 11 is 0. The van der Waals surface area contributed by atoms with E-state index in [1.165, 1.54) is 4.90 Å². The molecule has 0 radical (unpaired) electrons. The van der Waals surface area contributed by atoms with E-state index in [2.05, 4.69) is 0 Å². The van der Waals surface area contributed by atoms with Gasteiger partial charge in [0.2, 0.25) is 0 Å². The van der Waals surface area contributed by atoms with Crippen LogP contribution in [-0.2, 0) is 0 Å². The third kappa shape index (κ3) is 3.41. The summed E-state index contributed by atoms with van der Waals surface area (Å²) in [6, 6.07) is 0. The Morgan fingerprint density at radius 1 is 1.21 bits per heavy atom. The van der Waals surface area contributed by atoms with Gasteiger partial charge in [0, 0.05) is 26.2 Å². The lowest BCUT2D eigenvalue weighted by atomic mass is 10.3. The molecule has 0 atom stereocenters. The molecule has 1 N–H and O–H groups in total. The lowest BCUT2D eigenvalue weighted by Crippen LogP contribution is -2.50. The maximum atomic E-state index is 11.9. The van der Waals surface area contributed by atoms with Crippen LogP contribution in [0.25, 0.3) is 0 Å². The number of hydrogen-bond donors (Lipinski definition) is 1. The van der Waals surface area contributed by atoms with Gasteiger partial charge in [0.1, 0.15) is 0 Å². The molecule has 0 aromatic carbocycles. The molecule has 0 aromatic rings. The highest BCUT2D eigenvalue weighted by Gasteiger charge is 2.32. The number of carbonyl (C=O) groups is 1. The number of nitrogens with zero attached hydrogens (tertiary/aromatic N) is 2. The van der Waals surface area contributed by atoms with Crippen LogP contribution in [0.4, 0.5) is 18.0 Å². The summed E-state index contributed by atoms with van der Waals surface area (Å²) in [5, 5.41) is 8.54. The van der Waals surface area contributed by atoms with E-state index in [-0.39, 0.29) is 26.2 Å². The molecule has 7 heteroatoms. The Morgan fingerprint density at radius 3 is 2.07 bits per heavy atom. The van der Waals surface area contributed by atoms with E-state index in [0.717, 1.165) is 4.90 Å². The summed E-state index contributed by atoms with van der Waals surface area (Å²) in [6.45, 7) is -0.380. The van der Waals surface area contributed by atoms with Crippen LogP contribution in [0.1, 0.15) is 0 Å². The van der Waals surface area contributed by atoms with Crippen LogP contribution >= 0.6 is 0 Å². The van der Waals surface area contributed by atoms with Crippen molar-refractivity contribution in [3.8, 4) is 0 Å². The van der Waals surface area contributed by atoms with Crippen LogP contribution in [0.3, 0.4) is 0 Å². The van der Waals surface area contributed by atoms with Gasteiger partial charge in [0.15, 0.2) is 0 Å². The first kappa shape index (κ1) is 11.1. The first-order chi connectivity index (χ1) is 6.38. The second kappa shape index (κ2) is 4.04. The molecule has 1 amide bonds. The van der Waals surface area contributed by atoms with Crippen LogP contribution in [-0.4, -0.2) is 59.9 Å². The van der Waals surface area contributed by atoms with Gasteiger partial charge in [-0.15, -0.1) is 0 Å². The highest BCUT2D eigenvalue weighted by Crippen LogP contribution is 2.17. The van der Waals surface area contributed by atoms with Gasteiger partial charge in [0.25, 0.3) is 0 Å². The fourth-order valence-electron chi connectivity index (χ4n) is 1.35. The minimum Gasteiger partial charge on any atom is -0.465 e. The normalized spacial score (nSPS) is 19.8. The molecule has 1 aliphatic heterocycles. The Hall–Kier alpha value is -0.980. The summed E-state index contributed by atoms with van der Waals surface area (Å²) in [5.41, 5.74) is 0. The van der Waals surface area contributed by atoms with Crippen LogP contribution in [0, 0.1) is 0 Å². The molecule has 14 heavy (non-hydrogen) atoms. The largest absolute Gasteiger partial charge is 0.465 e. The molecule has 1 saturated heterocycles. The average molecular weight is 212 g/mol. The third-order valence-corrected chi connectivity index (χ3v) is 2.05. The van der Waals surface area contributed by atoms with Crippen molar-refractivity contribution in [2.75, 3.05) is 32.7 Å². The van der Waals surface area contributed by atoms with Gasteiger partial charge in [-0.2, -0.15) is 13.2 Å². The molecule has 0 saturated carbocycles. The lowest BCUT2D eigenvalue weighted by Gasteiger charge is -2.33. The number of carboxylic acid groups (broad SMARTS) is 1. The third-order valence-electron chi connectivity index (χ3n) is 2.05. The highest BCUT2D eigenvalue weighted by molar-refractivity contribution is 5.65. The summed E-state index contributed by atoms with van der Waals surface area (Å²) < 4.78 is 35.8. The van der Waals surface area contributed by atoms with Crippen LogP contribution in [0.2, 0.25) is 0 Å². The smallest absolute Gasteiger partial charge is 0.407 e.